The van der Waals surface area contributed by atoms with Gasteiger partial charge in [-0.15, -0.1) is 0 Å². The van der Waals surface area contributed by atoms with Crippen LogP contribution in [-0.4, -0.2) is 23.9 Å². The van der Waals surface area contributed by atoms with Crippen LogP contribution < -0.4 is 14.8 Å². The summed E-state index contributed by atoms with van der Waals surface area (Å²) in [5, 5.41) is 2.58. The highest BCUT2D eigenvalue weighted by Crippen LogP contribution is 2.38. The molecule has 0 atom stereocenters. The van der Waals surface area contributed by atoms with Crippen LogP contribution in [0, 0.1) is 0 Å². The van der Waals surface area contributed by atoms with Crippen molar-refractivity contribution in [3.63, 3.8) is 0 Å². The number of rotatable bonds is 4. The van der Waals surface area contributed by atoms with E-state index in [1.165, 1.54) is 11.8 Å². The maximum absolute atomic E-state index is 11.7. The van der Waals surface area contributed by atoms with Gasteiger partial charge in [-0.05, 0) is 46.6 Å². The largest absolute Gasteiger partial charge is 0.492 e. The number of halogens is 1. The summed E-state index contributed by atoms with van der Waals surface area (Å²) in [6.07, 6.45) is 1.77. The van der Waals surface area contributed by atoms with E-state index in [2.05, 4.69) is 21.2 Å². The quantitative estimate of drug-likeness (QED) is 0.647. The first kappa shape index (κ1) is 15.3. The molecule has 1 aliphatic heterocycles. The summed E-state index contributed by atoms with van der Waals surface area (Å²) in [5.74, 6) is 1.08. The fourth-order valence-electron chi connectivity index (χ4n) is 1.70. The molecule has 20 heavy (non-hydrogen) atoms. The van der Waals surface area contributed by atoms with Gasteiger partial charge in [0.05, 0.1) is 23.1 Å². The molecule has 1 saturated heterocycles. The van der Waals surface area contributed by atoms with E-state index < -0.39 is 0 Å². The van der Waals surface area contributed by atoms with Crippen molar-refractivity contribution in [1.29, 1.82) is 0 Å². The number of carbonyl (C=O) groups excluding carboxylic acids is 1. The van der Waals surface area contributed by atoms with E-state index in [0.29, 0.717) is 27.3 Å². The van der Waals surface area contributed by atoms with Crippen molar-refractivity contribution in [2.45, 2.75) is 6.92 Å². The molecule has 106 valence electrons. The van der Waals surface area contributed by atoms with E-state index >= 15 is 0 Å². The highest BCUT2D eigenvalue weighted by atomic mass is 79.9. The zero-order valence-corrected chi connectivity index (χ0v) is 14.1. The number of hydrogen-bond donors (Lipinski definition) is 1. The Morgan fingerprint density at radius 2 is 2.25 bits per heavy atom. The number of ether oxygens (including phenoxy) is 2. The Kier molecular flexibility index (Phi) is 5.06. The van der Waals surface area contributed by atoms with Gasteiger partial charge in [0.15, 0.2) is 11.5 Å². The van der Waals surface area contributed by atoms with Crippen molar-refractivity contribution in [2.24, 2.45) is 0 Å². The molecule has 0 saturated carbocycles. The summed E-state index contributed by atoms with van der Waals surface area (Å²) in [6.45, 7) is 2.43. The summed E-state index contributed by atoms with van der Waals surface area (Å²) in [4.78, 5) is 12.2. The average Bonchev–Trinajstić information content (AvgIpc) is 2.68. The standard InChI is InChI=1S/C13H12BrNO3S2/c1-3-18-9-5-7(4-8(14)11(9)17-2)6-10-12(16)15-13(19)20-10/h4-6H,3H2,1-2H3,(H,15,16,19)/b10-6+. The summed E-state index contributed by atoms with van der Waals surface area (Å²) in [5.41, 5.74) is 0.837. The lowest BCUT2D eigenvalue weighted by Crippen LogP contribution is -2.17. The molecule has 7 heteroatoms. The Balaban J connectivity index is 2.40. The van der Waals surface area contributed by atoms with Gasteiger partial charge in [0.1, 0.15) is 4.32 Å². The van der Waals surface area contributed by atoms with E-state index in [0.717, 1.165) is 10.0 Å². The minimum atomic E-state index is -0.176. The van der Waals surface area contributed by atoms with Crippen LogP contribution in [0.2, 0.25) is 0 Å². The second-order valence-corrected chi connectivity index (χ2v) is 6.39. The Morgan fingerprint density at radius 3 is 2.80 bits per heavy atom. The van der Waals surface area contributed by atoms with Gasteiger partial charge in [0.2, 0.25) is 0 Å². The molecule has 1 aromatic carbocycles. The zero-order valence-electron chi connectivity index (χ0n) is 10.9. The van der Waals surface area contributed by atoms with E-state index in [1.807, 2.05) is 19.1 Å². The maximum Gasteiger partial charge on any atom is 0.263 e. The predicted octanol–water partition coefficient (Wildman–Crippen LogP) is 3.35. The molecule has 0 bridgehead atoms. The fraction of sp³-hybridized carbons (Fsp3) is 0.231. The summed E-state index contributed by atoms with van der Waals surface area (Å²) >= 11 is 9.64. The summed E-state index contributed by atoms with van der Waals surface area (Å²) < 4.78 is 12.1. The molecule has 4 nitrogen and oxygen atoms in total. The van der Waals surface area contributed by atoms with Crippen molar-refractivity contribution < 1.29 is 14.3 Å². The third-order valence-electron chi connectivity index (χ3n) is 2.48. The Bertz CT molecular complexity index is 602. The summed E-state index contributed by atoms with van der Waals surface area (Å²) in [6, 6.07) is 3.69. The molecule has 1 amide bonds. The van der Waals surface area contributed by atoms with Crippen molar-refractivity contribution in [1.82, 2.24) is 5.32 Å². The van der Waals surface area contributed by atoms with Crippen LogP contribution in [0.1, 0.15) is 12.5 Å². The highest BCUT2D eigenvalue weighted by molar-refractivity contribution is 9.10. The molecule has 1 fully saturated rings. The van der Waals surface area contributed by atoms with Gasteiger partial charge in [-0.2, -0.15) is 0 Å². The Morgan fingerprint density at radius 1 is 1.50 bits per heavy atom. The molecule has 0 aromatic heterocycles. The second-order valence-electron chi connectivity index (χ2n) is 3.82. The normalized spacial score (nSPS) is 16.4. The highest BCUT2D eigenvalue weighted by Gasteiger charge is 2.22. The Labute approximate surface area is 135 Å². The SMILES string of the molecule is CCOc1cc(/C=C2/SC(=S)NC2=O)cc(Br)c1OC. The number of methoxy groups -OCH3 is 1. The first-order valence-electron chi connectivity index (χ1n) is 5.80. The molecule has 0 radical (unpaired) electrons. The predicted molar refractivity (Wildman–Crippen MR) is 88.2 cm³/mol. The average molecular weight is 374 g/mol. The van der Waals surface area contributed by atoms with Gasteiger partial charge < -0.3 is 14.8 Å². The zero-order chi connectivity index (χ0) is 14.7. The molecule has 0 aliphatic carbocycles. The molecule has 0 unspecified atom stereocenters. The van der Waals surface area contributed by atoms with Crippen molar-refractivity contribution >= 4 is 56.2 Å². The molecule has 1 heterocycles. The molecular formula is C13H12BrNO3S2. The lowest BCUT2D eigenvalue weighted by atomic mass is 10.2. The molecule has 1 aliphatic rings. The molecule has 2 rings (SSSR count). The van der Waals surface area contributed by atoms with Crippen LogP contribution in [0.15, 0.2) is 21.5 Å². The van der Waals surface area contributed by atoms with Crippen molar-refractivity contribution in [3.05, 3.63) is 27.1 Å². The first-order chi connectivity index (χ1) is 9.55. The molecule has 0 spiro atoms. The Hall–Kier alpha value is -1.05. The fourth-order valence-corrected chi connectivity index (χ4v) is 3.37. The first-order valence-corrected chi connectivity index (χ1v) is 7.82. The topological polar surface area (TPSA) is 47.6 Å². The monoisotopic (exact) mass is 373 g/mol. The van der Waals surface area contributed by atoms with Crippen LogP contribution >= 0.6 is 39.9 Å². The van der Waals surface area contributed by atoms with E-state index in [-0.39, 0.29) is 5.91 Å². The third kappa shape index (κ3) is 3.34. The number of amides is 1. The lowest BCUT2D eigenvalue weighted by molar-refractivity contribution is -0.115. The van der Waals surface area contributed by atoms with Gasteiger partial charge in [0.25, 0.3) is 5.91 Å². The van der Waals surface area contributed by atoms with Gasteiger partial charge in [-0.1, -0.05) is 24.0 Å². The number of benzene rings is 1. The van der Waals surface area contributed by atoms with E-state index in [1.54, 1.807) is 13.2 Å². The van der Waals surface area contributed by atoms with Crippen LogP contribution in [0.3, 0.4) is 0 Å². The smallest absolute Gasteiger partial charge is 0.263 e. The van der Waals surface area contributed by atoms with E-state index in [9.17, 15) is 4.79 Å². The van der Waals surface area contributed by atoms with Crippen LogP contribution in [-0.2, 0) is 4.79 Å². The molecule has 1 N–H and O–H groups in total. The number of nitrogens with one attached hydrogen (secondary N) is 1. The minimum Gasteiger partial charge on any atom is -0.492 e. The van der Waals surface area contributed by atoms with Crippen LogP contribution in [0.4, 0.5) is 0 Å². The van der Waals surface area contributed by atoms with Crippen molar-refractivity contribution in [3.8, 4) is 11.5 Å². The number of hydrogen-bond acceptors (Lipinski definition) is 5. The van der Waals surface area contributed by atoms with E-state index in [4.69, 9.17) is 21.7 Å². The van der Waals surface area contributed by atoms with Gasteiger partial charge in [-0.25, -0.2) is 0 Å². The molecule has 1 aromatic rings. The van der Waals surface area contributed by atoms with Gasteiger partial charge in [0, 0.05) is 0 Å². The minimum absolute atomic E-state index is 0.176. The third-order valence-corrected chi connectivity index (χ3v) is 4.23. The van der Waals surface area contributed by atoms with Crippen molar-refractivity contribution in [2.75, 3.05) is 13.7 Å². The van der Waals surface area contributed by atoms with Gasteiger partial charge >= 0.3 is 0 Å². The second kappa shape index (κ2) is 6.60. The van der Waals surface area contributed by atoms with Crippen LogP contribution in [0.25, 0.3) is 6.08 Å². The summed E-state index contributed by atoms with van der Waals surface area (Å²) in [7, 11) is 1.58. The number of thioether (sulfide) groups is 1. The number of carbonyl (C=O) groups is 1. The molecular weight excluding hydrogens is 362 g/mol. The van der Waals surface area contributed by atoms with Gasteiger partial charge in [-0.3, -0.25) is 4.79 Å². The maximum atomic E-state index is 11.7. The number of thiocarbonyl (C=S) groups is 1. The van der Waals surface area contributed by atoms with Crippen LogP contribution in [0.5, 0.6) is 11.5 Å². The lowest BCUT2D eigenvalue weighted by Gasteiger charge is -2.12.